The molecule has 3 nitrogen and oxygen atoms in total. The summed E-state index contributed by atoms with van der Waals surface area (Å²) in [5.74, 6) is 0. The van der Waals surface area contributed by atoms with Gasteiger partial charge in [0.25, 0.3) is 0 Å². The van der Waals surface area contributed by atoms with Crippen molar-refractivity contribution in [3.05, 3.63) is 212 Å². The van der Waals surface area contributed by atoms with Crippen molar-refractivity contribution in [3.63, 3.8) is 0 Å². The van der Waals surface area contributed by atoms with Crippen molar-refractivity contribution in [3.8, 4) is 39.3 Å². The molecule has 3 heteroatoms. The number of benzene rings is 9. The van der Waals surface area contributed by atoms with E-state index in [0.29, 0.717) is 0 Å². The van der Waals surface area contributed by atoms with Crippen LogP contribution in [0.25, 0.3) is 105 Å². The van der Waals surface area contributed by atoms with Crippen LogP contribution in [-0.2, 0) is 0 Å². The standard InChI is InChI=1S/C54H35N3/c1-4-17-40(18-5-1)55-49-25-12-10-23-43(49)46-32-38(28-30-51(46)55)36-15-14-16-37(31-36)39-27-29-45-48-35-53-47(34-54(48)57(52(45)33-39)42-21-8-3-9-22-42)44-24-11-13-26-50(44)56(53)41-19-6-2-7-20-41/h1-35H. The van der Waals surface area contributed by atoms with Crippen molar-refractivity contribution in [2.45, 2.75) is 0 Å². The largest absolute Gasteiger partial charge is 0.309 e. The molecule has 57 heavy (non-hydrogen) atoms. The van der Waals surface area contributed by atoms with Gasteiger partial charge in [-0.3, -0.25) is 0 Å². The minimum Gasteiger partial charge on any atom is -0.309 e. The lowest BCUT2D eigenvalue weighted by atomic mass is 9.97. The maximum Gasteiger partial charge on any atom is 0.0548 e. The van der Waals surface area contributed by atoms with Crippen LogP contribution < -0.4 is 0 Å². The number of hydrogen-bond acceptors (Lipinski definition) is 0. The smallest absolute Gasteiger partial charge is 0.0548 e. The van der Waals surface area contributed by atoms with Gasteiger partial charge < -0.3 is 13.7 Å². The molecular weight excluding hydrogens is 691 g/mol. The quantitative estimate of drug-likeness (QED) is 0.168. The van der Waals surface area contributed by atoms with Crippen LogP contribution in [0.5, 0.6) is 0 Å². The van der Waals surface area contributed by atoms with Crippen LogP contribution in [0.15, 0.2) is 212 Å². The van der Waals surface area contributed by atoms with E-state index in [9.17, 15) is 0 Å². The number of hydrogen-bond donors (Lipinski definition) is 0. The Kier molecular flexibility index (Phi) is 6.93. The Hall–Kier alpha value is -7.62. The first-order valence-corrected chi connectivity index (χ1v) is 19.6. The van der Waals surface area contributed by atoms with E-state index >= 15 is 0 Å². The molecule has 0 fully saturated rings. The second kappa shape index (κ2) is 12.5. The molecule has 12 aromatic rings. The molecule has 0 atom stereocenters. The fourth-order valence-electron chi connectivity index (χ4n) is 9.25. The minimum atomic E-state index is 1.15. The molecule has 0 saturated heterocycles. The first kappa shape index (κ1) is 31.7. The first-order chi connectivity index (χ1) is 28.3. The van der Waals surface area contributed by atoms with Gasteiger partial charge in [-0.15, -0.1) is 0 Å². The summed E-state index contributed by atoms with van der Waals surface area (Å²) < 4.78 is 7.23. The van der Waals surface area contributed by atoms with Crippen molar-refractivity contribution in [1.29, 1.82) is 0 Å². The van der Waals surface area contributed by atoms with E-state index in [2.05, 4.69) is 226 Å². The van der Waals surface area contributed by atoms with Crippen LogP contribution >= 0.6 is 0 Å². The highest BCUT2D eigenvalue weighted by atomic mass is 15.0. The minimum absolute atomic E-state index is 1.15. The molecule has 0 saturated carbocycles. The van der Waals surface area contributed by atoms with Crippen molar-refractivity contribution in [2.24, 2.45) is 0 Å². The molecule has 266 valence electrons. The van der Waals surface area contributed by atoms with Crippen LogP contribution in [0.1, 0.15) is 0 Å². The second-order valence-corrected chi connectivity index (χ2v) is 15.0. The van der Waals surface area contributed by atoms with E-state index in [1.807, 2.05) is 0 Å². The molecule has 0 bridgehead atoms. The molecule has 0 amide bonds. The van der Waals surface area contributed by atoms with Gasteiger partial charge >= 0.3 is 0 Å². The summed E-state index contributed by atoms with van der Waals surface area (Å²) in [4.78, 5) is 0. The van der Waals surface area contributed by atoms with Gasteiger partial charge in [0, 0.05) is 49.4 Å². The van der Waals surface area contributed by atoms with Crippen molar-refractivity contribution in [2.75, 3.05) is 0 Å². The number of fused-ring (bicyclic) bond motifs is 9. The number of rotatable bonds is 5. The molecule has 0 unspecified atom stereocenters. The highest BCUT2D eigenvalue weighted by Gasteiger charge is 2.19. The highest BCUT2D eigenvalue weighted by Crippen LogP contribution is 2.41. The van der Waals surface area contributed by atoms with Crippen molar-refractivity contribution < 1.29 is 0 Å². The van der Waals surface area contributed by atoms with Crippen LogP contribution in [0.4, 0.5) is 0 Å². The lowest BCUT2D eigenvalue weighted by Crippen LogP contribution is -1.94. The molecule has 0 spiro atoms. The SMILES string of the molecule is c1ccc(-n2c3ccccc3c3cc(-c4cccc(-c5ccc6c7cc8c(cc7n(-c7ccccc7)c6c5)c5ccccc5n8-c5ccccc5)c4)ccc32)cc1. The lowest BCUT2D eigenvalue weighted by molar-refractivity contribution is 1.17. The van der Waals surface area contributed by atoms with Gasteiger partial charge in [0.15, 0.2) is 0 Å². The Morgan fingerprint density at radius 1 is 0.193 bits per heavy atom. The van der Waals surface area contributed by atoms with Gasteiger partial charge in [-0.1, -0.05) is 127 Å². The van der Waals surface area contributed by atoms with E-state index in [1.54, 1.807) is 0 Å². The van der Waals surface area contributed by atoms with Crippen molar-refractivity contribution in [1.82, 2.24) is 13.7 Å². The van der Waals surface area contributed by atoms with E-state index in [4.69, 9.17) is 0 Å². The van der Waals surface area contributed by atoms with Crippen LogP contribution in [-0.4, -0.2) is 13.7 Å². The summed E-state index contributed by atoms with van der Waals surface area (Å²) >= 11 is 0. The van der Waals surface area contributed by atoms with Gasteiger partial charge in [0.05, 0.1) is 33.1 Å². The average Bonchev–Trinajstić information content (AvgIpc) is 3.91. The van der Waals surface area contributed by atoms with Crippen LogP contribution in [0.2, 0.25) is 0 Å². The van der Waals surface area contributed by atoms with E-state index in [-0.39, 0.29) is 0 Å². The number of nitrogens with zero attached hydrogens (tertiary/aromatic N) is 3. The van der Waals surface area contributed by atoms with Gasteiger partial charge in [0.2, 0.25) is 0 Å². The highest BCUT2D eigenvalue weighted by molar-refractivity contribution is 6.19. The fourth-order valence-corrected chi connectivity index (χ4v) is 9.25. The summed E-state index contributed by atoms with van der Waals surface area (Å²) in [6.07, 6.45) is 0. The Labute approximate surface area is 329 Å². The van der Waals surface area contributed by atoms with Crippen molar-refractivity contribution >= 4 is 65.4 Å². The zero-order chi connectivity index (χ0) is 37.5. The second-order valence-electron chi connectivity index (χ2n) is 15.0. The molecule has 0 aliphatic carbocycles. The molecule has 0 N–H and O–H groups in total. The van der Waals surface area contributed by atoms with Gasteiger partial charge in [-0.2, -0.15) is 0 Å². The molecule has 0 aliphatic heterocycles. The zero-order valence-corrected chi connectivity index (χ0v) is 31.0. The van der Waals surface area contributed by atoms with E-state index in [1.165, 1.54) is 93.4 Å². The third-order valence-corrected chi connectivity index (χ3v) is 11.8. The Bertz CT molecular complexity index is 3500. The summed E-state index contributed by atoms with van der Waals surface area (Å²) in [5, 5.41) is 7.49. The number of para-hydroxylation sites is 5. The predicted octanol–water partition coefficient (Wildman–Crippen LogP) is 14.3. The molecule has 0 aliphatic rings. The molecule has 12 rings (SSSR count). The average molecular weight is 726 g/mol. The first-order valence-electron chi connectivity index (χ1n) is 19.6. The molecule has 0 radical (unpaired) electrons. The third kappa shape index (κ3) is 4.86. The maximum atomic E-state index is 2.45. The van der Waals surface area contributed by atoms with Crippen LogP contribution in [0, 0.1) is 0 Å². The summed E-state index contributed by atoms with van der Waals surface area (Å²) in [6, 6.07) is 77.4. The molecule has 3 heterocycles. The normalized spacial score (nSPS) is 11.9. The van der Waals surface area contributed by atoms with Crippen LogP contribution in [0.3, 0.4) is 0 Å². The third-order valence-electron chi connectivity index (χ3n) is 11.8. The number of aromatic nitrogens is 3. The summed E-state index contributed by atoms with van der Waals surface area (Å²) in [7, 11) is 0. The molecule has 3 aromatic heterocycles. The molecular formula is C54H35N3. The van der Waals surface area contributed by atoms with E-state index in [0.717, 1.165) is 11.4 Å². The Morgan fingerprint density at radius 2 is 0.561 bits per heavy atom. The van der Waals surface area contributed by atoms with Gasteiger partial charge in [-0.05, 0) is 107 Å². The lowest BCUT2D eigenvalue weighted by Gasteiger charge is -2.11. The Balaban J connectivity index is 1.04. The topological polar surface area (TPSA) is 14.8 Å². The van der Waals surface area contributed by atoms with Gasteiger partial charge in [0.1, 0.15) is 0 Å². The monoisotopic (exact) mass is 725 g/mol. The fraction of sp³-hybridized carbons (Fsp3) is 0. The predicted molar refractivity (Wildman–Crippen MR) is 240 cm³/mol. The van der Waals surface area contributed by atoms with Gasteiger partial charge in [-0.25, -0.2) is 0 Å². The molecule has 9 aromatic carbocycles. The maximum absolute atomic E-state index is 2.45. The zero-order valence-electron chi connectivity index (χ0n) is 31.0. The summed E-state index contributed by atoms with van der Waals surface area (Å²) in [6.45, 7) is 0. The Morgan fingerprint density at radius 3 is 1.12 bits per heavy atom. The van der Waals surface area contributed by atoms with E-state index < -0.39 is 0 Å². The summed E-state index contributed by atoms with van der Waals surface area (Å²) in [5.41, 5.74) is 15.5.